The maximum Gasteiger partial charge on any atom is 0.133 e. The standard InChI is InChI=1S/C12H12N2/c1-2-6-10-11(7-3-1)14-9-5-4-8-12(14)13-10/h1-2,4,6-8H,3,5,9H2. The van der Waals surface area contributed by atoms with Gasteiger partial charge in [0.2, 0.25) is 0 Å². The summed E-state index contributed by atoms with van der Waals surface area (Å²) in [7, 11) is 0. The minimum atomic E-state index is 1.01. The van der Waals surface area contributed by atoms with Gasteiger partial charge in [0.1, 0.15) is 5.82 Å². The van der Waals surface area contributed by atoms with Gasteiger partial charge in [-0.25, -0.2) is 4.98 Å². The Hall–Kier alpha value is -1.57. The lowest BCUT2D eigenvalue weighted by Gasteiger charge is -2.07. The molecule has 0 unspecified atom stereocenters. The molecule has 0 fully saturated rings. The first-order valence-electron chi connectivity index (χ1n) is 5.05. The molecule has 2 nitrogen and oxygen atoms in total. The molecule has 1 aliphatic carbocycles. The number of fused-ring (bicyclic) bond motifs is 3. The molecule has 1 aliphatic heterocycles. The average molecular weight is 184 g/mol. The van der Waals surface area contributed by atoms with E-state index in [9.17, 15) is 0 Å². The number of hydrogen-bond donors (Lipinski definition) is 0. The van der Waals surface area contributed by atoms with E-state index >= 15 is 0 Å². The van der Waals surface area contributed by atoms with E-state index in [1.807, 2.05) is 0 Å². The van der Waals surface area contributed by atoms with Gasteiger partial charge in [0.05, 0.1) is 10.7 Å². The van der Waals surface area contributed by atoms with Crippen molar-refractivity contribution in [2.24, 2.45) is 0 Å². The first kappa shape index (κ1) is 7.80. The largest absolute Gasteiger partial charge is 0.324 e. The van der Waals surface area contributed by atoms with Crippen molar-refractivity contribution in [2.45, 2.75) is 19.4 Å². The summed E-state index contributed by atoms with van der Waals surface area (Å²) in [4.78, 5) is 4.59. The molecule has 0 N–H and O–H groups in total. The number of hydrogen-bond acceptors (Lipinski definition) is 1. The lowest BCUT2D eigenvalue weighted by atomic mass is 10.3. The van der Waals surface area contributed by atoms with Crippen LogP contribution in [0.25, 0.3) is 18.2 Å². The third-order valence-electron chi connectivity index (χ3n) is 2.69. The van der Waals surface area contributed by atoms with Crippen LogP contribution >= 0.6 is 0 Å². The molecule has 0 saturated heterocycles. The highest BCUT2D eigenvalue weighted by atomic mass is 15.1. The van der Waals surface area contributed by atoms with Crippen LogP contribution in [-0.2, 0) is 6.54 Å². The zero-order chi connectivity index (χ0) is 9.38. The van der Waals surface area contributed by atoms with Crippen LogP contribution in [-0.4, -0.2) is 9.55 Å². The van der Waals surface area contributed by atoms with E-state index in [1.54, 1.807) is 0 Å². The van der Waals surface area contributed by atoms with Gasteiger partial charge in [-0.2, -0.15) is 0 Å². The van der Waals surface area contributed by atoms with Crippen molar-refractivity contribution in [1.29, 1.82) is 0 Å². The fourth-order valence-electron chi connectivity index (χ4n) is 2.01. The van der Waals surface area contributed by atoms with Gasteiger partial charge in [-0.05, 0) is 25.0 Å². The van der Waals surface area contributed by atoms with Crippen molar-refractivity contribution in [3.8, 4) is 0 Å². The van der Waals surface area contributed by atoms with Gasteiger partial charge < -0.3 is 4.57 Å². The molecule has 2 aliphatic rings. The van der Waals surface area contributed by atoms with E-state index in [0.29, 0.717) is 0 Å². The molecular formula is C12H12N2. The van der Waals surface area contributed by atoms with E-state index in [0.717, 1.165) is 30.6 Å². The Labute approximate surface area is 82.6 Å². The quantitative estimate of drug-likeness (QED) is 0.583. The molecule has 0 bridgehead atoms. The van der Waals surface area contributed by atoms with Crippen LogP contribution in [0.5, 0.6) is 0 Å². The maximum atomic E-state index is 4.59. The summed E-state index contributed by atoms with van der Waals surface area (Å²) < 4.78 is 2.30. The van der Waals surface area contributed by atoms with Gasteiger partial charge in [0.15, 0.2) is 0 Å². The second kappa shape index (κ2) is 2.98. The van der Waals surface area contributed by atoms with E-state index in [-0.39, 0.29) is 0 Å². The fourth-order valence-corrected chi connectivity index (χ4v) is 2.01. The van der Waals surface area contributed by atoms with Crippen molar-refractivity contribution >= 4 is 18.2 Å². The second-order valence-electron chi connectivity index (χ2n) is 3.62. The van der Waals surface area contributed by atoms with Crippen molar-refractivity contribution < 1.29 is 0 Å². The van der Waals surface area contributed by atoms with Crippen LogP contribution in [0, 0.1) is 0 Å². The normalized spacial score (nSPS) is 17.7. The molecule has 14 heavy (non-hydrogen) atoms. The molecule has 0 amide bonds. The lowest BCUT2D eigenvalue weighted by Crippen LogP contribution is -2.30. The monoisotopic (exact) mass is 184 g/mol. The Morgan fingerprint density at radius 3 is 3.29 bits per heavy atom. The maximum absolute atomic E-state index is 4.59. The molecule has 0 spiro atoms. The van der Waals surface area contributed by atoms with Crippen LogP contribution in [0.1, 0.15) is 18.7 Å². The molecule has 1 aromatic heterocycles. The Kier molecular flexibility index (Phi) is 1.66. The number of aromatic nitrogens is 2. The van der Waals surface area contributed by atoms with Crippen molar-refractivity contribution in [1.82, 2.24) is 9.55 Å². The molecule has 1 aromatic rings. The molecular weight excluding hydrogens is 172 g/mol. The van der Waals surface area contributed by atoms with Crippen LogP contribution in [0.2, 0.25) is 0 Å². The minimum Gasteiger partial charge on any atom is -0.324 e. The molecule has 2 heterocycles. The van der Waals surface area contributed by atoms with Gasteiger partial charge in [-0.1, -0.05) is 24.3 Å². The Balaban J connectivity index is 2.38. The summed E-state index contributed by atoms with van der Waals surface area (Å²) in [5, 5.41) is 2.40. The molecule has 70 valence electrons. The van der Waals surface area contributed by atoms with Crippen LogP contribution in [0.3, 0.4) is 0 Å². The summed E-state index contributed by atoms with van der Waals surface area (Å²) in [5.74, 6) is 1.10. The fraction of sp³-hybridized carbons (Fsp3) is 0.250. The third kappa shape index (κ3) is 1.07. The first-order valence-corrected chi connectivity index (χ1v) is 5.05. The second-order valence-corrected chi connectivity index (χ2v) is 3.62. The summed E-state index contributed by atoms with van der Waals surface area (Å²) in [5.41, 5.74) is 0. The molecule has 2 heteroatoms. The molecule has 0 aromatic carbocycles. The predicted octanol–water partition coefficient (Wildman–Crippen LogP) is 0.821. The van der Waals surface area contributed by atoms with Gasteiger partial charge in [0.25, 0.3) is 0 Å². The van der Waals surface area contributed by atoms with Gasteiger partial charge in [-0.15, -0.1) is 0 Å². The number of rotatable bonds is 0. The van der Waals surface area contributed by atoms with Crippen LogP contribution < -0.4 is 10.7 Å². The third-order valence-corrected chi connectivity index (χ3v) is 2.69. The number of nitrogens with zero attached hydrogens (tertiary/aromatic N) is 2. The van der Waals surface area contributed by atoms with Gasteiger partial charge >= 0.3 is 0 Å². The van der Waals surface area contributed by atoms with E-state index in [1.165, 1.54) is 5.35 Å². The molecule has 3 rings (SSSR count). The van der Waals surface area contributed by atoms with Crippen molar-refractivity contribution in [3.05, 3.63) is 34.8 Å². The van der Waals surface area contributed by atoms with E-state index in [2.05, 4.69) is 46.0 Å². The Morgan fingerprint density at radius 2 is 2.29 bits per heavy atom. The zero-order valence-electron chi connectivity index (χ0n) is 7.98. The van der Waals surface area contributed by atoms with Crippen LogP contribution in [0.4, 0.5) is 0 Å². The number of allylic oxidation sites excluding steroid dienone is 3. The molecule has 0 saturated carbocycles. The lowest BCUT2D eigenvalue weighted by molar-refractivity contribution is 0.672. The van der Waals surface area contributed by atoms with Crippen molar-refractivity contribution in [2.75, 3.05) is 0 Å². The summed E-state index contributed by atoms with van der Waals surface area (Å²) >= 11 is 0. The number of imidazole rings is 1. The van der Waals surface area contributed by atoms with E-state index < -0.39 is 0 Å². The van der Waals surface area contributed by atoms with Crippen molar-refractivity contribution in [3.63, 3.8) is 0 Å². The van der Waals surface area contributed by atoms with E-state index in [4.69, 9.17) is 0 Å². The summed E-state index contributed by atoms with van der Waals surface area (Å²) in [6, 6.07) is 0. The van der Waals surface area contributed by atoms with Gasteiger partial charge in [-0.3, -0.25) is 0 Å². The Bertz CT molecular complexity index is 529. The summed E-state index contributed by atoms with van der Waals surface area (Å²) in [6.07, 6.45) is 15.0. The zero-order valence-corrected chi connectivity index (χ0v) is 7.98. The molecule has 0 radical (unpaired) electrons. The van der Waals surface area contributed by atoms with Crippen LogP contribution in [0.15, 0.2) is 18.2 Å². The smallest absolute Gasteiger partial charge is 0.133 e. The summed E-state index contributed by atoms with van der Waals surface area (Å²) in [6.45, 7) is 1.07. The predicted molar refractivity (Wildman–Crippen MR) is 57.8 cm³/mol. The topological polar surface area (TPSA) is 17.8 Å². The average Bonchev–Trinajstić information content (AvgIpc) is 2.42. The molecule has 0 atom stereocenters. The highest BCUT2D eigenvalue weighted by Crippen LogP contribution is 2.04. The first-order chi connectivity index (χ1) is 6.95. The Morgan fingerprint density at radius 1 is 1.29 bits per heavy atom. The minimum absolute atomic E-state index is 1.01. The highest BCUT2D eigenvalue weighted by molar-refractivity contribution is 5.47. The highest BCUT2D eigenvalue weighted by Gasteiger charge is 2.07. The van der Waals surface area contributed by atoms with Gasteiger partial charge in [0, 0.05) is 6.54 Å². The SMILES string of the molecule is C1=CCC=c2c(nc3n2CCC=C3)=C1.